The van der Waals surface area contributed by atoms with Gasteiger partial charge in [-0.3, -0.25) is 4.79 Å². The third-order valence-electron chi connectivity index (χ3n) is 4.14. The number of amides is 1. The van der Waals surface area contributed by atoms with Crippen molar-refractivity contribution < 1.29 is 9.53 Å². The van der Waals surface area contributed by atoms with Crippen molar-refractivity contribution in [3.63, 3.8) is 0 Å². The number of nitrogens with one attached hydrogen (secondary N) is 1. The van der Waals surface area contributed by atoms with E-state index >= 15 is 0 Å². The molecule has 0 bridgehead atoms. The fraction of sp³-hybridized carbons (Fsp3) is 0.200. The smallest absolute Gasteiger partial charge is 0.234 e. The summed E-state index contributed by atoms with van der Waals surface area (Å²) in [7, 11) is 0. The lowest BCUT2D eigenvalue weighted by Gasteiger charge is -2.08. The Morgan fingerprint density at radius 3 is 2.64 bits per heavy atom. The fourth-order valence-corrected chi connectivity index (χ4v) is 3.55. The number of ether oxygens (including phenoxy) is 1. The summed E-state index contributed by atoms with van der Waals surface area (Å²) in [6, 6.07) is 17.4. The first-order chi connectivity index (χ1) is 13.7. The molecule has 2 aromatic carbocycles. The topological polar surface area (TPSA) is 81.4 Å². The number of aryl methyl sites for hydroxylation is 2. The molecule has 0 atom stereocenters. The molecule has 0 radical (unpaired) electrons. The third-order valence-corrected chi connectivity index (χ3v) is 5.10. The molecule has 0 saturated carbocycles. The number of hydrogen-bond donors (Lipinski definition) is 1. The molecule has 1 amide bonds. The highest BCUT2D eigenvalue weighted by molar-refractivity contribution is 7.16. The van der Waals surface area contributed by atoms with E-state index in [0.29, 0.717) is 19.4 Å². The van der Waals surface area contributed by atoms with Crippen molar-refractivity contribution in [1.82, 2.24) is 19.8 Å². The number of benzene rings is 2. The second-order valence-electron chi connectivity index (χ2n) is 6.28. The van der Waals surface area contributed by atoms with Crippen molar-refractivity contribution in [1.29, 1.82) is 0 Å². The maximum absolute atomic E-state index is 12.2. The fourth-order valence-electron chi connectivity index (χ4n) is 2.67. The predicted octanol–water partition coefficient (Wildman–Crippen LogP) is 3.64. The minimum atomic E-state index is -0.0550. The number of carbonyl (C=O) groups excluding carboxylic acids is 1. The standard InChI is InChI=1S/C20H19N5O2S/c1-14-22-23-20-25(14)24-19(28-20)12-11-18(26)21-16-7-9-17(10-8-16)27-13-15-5-3-2-4-6-15/h2-10H,11-13H2,1H3,(H,21,26). The van der Waals surface area contributed by atoms with Crippen molar-refractivity contribution in [3.8, 4) is 5.75 Å². The second kappa shape index (κ2) is 8.18. The lowest BCUT2D eigenvalue weighted by molar-refractivity contribution is -0.116. The number of fused-ring (bicyclic) bond motifs is 1. The molecule has 7 nitrogen and oxygen atoms in total. The summed E-state index contributed by atoms with van der Waals surface area (Å²) >= 11 is 1.45. The van der Waals surface area contributed by atoms with Gasteiger partial charge in [-0.25, -0.2) is 0 Å². The van der Waals surface area contributed by atoms with Gasteiger partial charge < -0.3 is 10.1 Å². The molecule has 2 heterocycles. The van der Waals surface area contributed by atoms with E-state index in [1.165, 1.54) is 11.3 Å². The van der Waals surface area contributed by atoms with Crippen LogP contribution in [0.4, 0.5) is 5.69 Å². The monoisotopic (exact) mass is 393 g/mol. The molecule has 0 spiro atoms. The zero-order valence-corrected chi connectivity index (χ0v) is 16.1. The van der Waals surface area contributed by atoms with E-state index in [1.807, 2.05) is 61.5 Å². The Balaban J connectivity index is 1.26. The lowest BCUT2D eigenvalue weighted by atomic mass is 10.2. The number of anilines is 1. The SMILES string of the molecule is Cc1nnc2sc(CCC(=O)Nc3ccc(OCc4ccccc4)cc3)nn12. The largest absolute Gasteiger partial charge is 0.489 e. The van der Waals surface area contributed by atoms with Gasteiger partial charge in [0.15, 0.2) is 5.82 Å². The highest BCUT2D eigenvalue weighted by Gasteiger charge is 2.10. The molecule has 28 heavy (non-hydrogen) atoms. The van der Waals surface area contributed by atoms with Gasteiger partial charge in [0.1, 0.15) is 17.4 Å². The van der Waals surface area contributed by atoms with Gasteiger partial charge in [0.05, 0.1) is 0 Å². The highest BCUT2D eigenvalue weighted by Crippen LogP contribution is 2.18. The zero-order chi connectivity index (χ0) is 19.3. The summed E-state index contributed by atoms with van der Waals surface area (Å²) in [6.07, 6.45) is 0.924. The minimum Gasteiger partial charge on any atom is -0.489 e. The third kappa shape index (κ3) is 4.34. The van der Waals surface area contributed by atoms with Gasteiger partial charge in [-0.05, 0) is 36.8 Å². The molecule has 2 aromatic heterocycles. The van der Waals surface area contributed by atoms with E-state index < -0.39 is 0 Å². The molecule has 0 aliphatic carbocycles. The number of aromatic nitrogens is 4. The van der Waals surface area contributed by atoms with E-state index in [-0.39, 0.29) is 5.91 Å². The van der Waals surface area contributed by atoms with Crippen molar-refractivity contribution in [2.45, 2.75) is 26.4 Å². The Labute approximate surface area is 166 Å². The Morgan fingerprint density at radius 1 is 1.11 bits per heavy atom. The van der Waals surface area contributed by atoms with Crippen LogP contribution in [0.2, 0.25) is 0 Å². The van der Waals surface area contributed by atoms with Gasteiger partial charge in [-0.2, -0.15) is 9.61 Å². The Kier molecular flexibility index (Phi) is 5.29. The van der Waals surface area contributed by atoms with Gasteiger partial charge >= 0.3 is 0 Å². The molecular formula is C20H19N5O2S. The number of nitrogens with zero attached hydrogens (tertiary/aromatic N) is 4. The predicted molar refractivity (Wildman–Crippen MR) is 108 cm³/mol. The Hall–Kier alpha value is -3.26. The molecule has 142 valence electrons. The summed E-state index contributed by atoms with van der Waals surface area (Å²) in [5.74, 6) is 1.45. The zero-order valence-electron chi connectivity index (χ0n) is 15.3. The van der Waals surface area contributed by atoms with Crippen molar-refractivity contribution in [2.75, 3.05) is 5.32 Å². The van der Waals surface area contributed by atoms with E-state index in [0.717, 1.165) is 32.8 Å². The molecule has 0 saturated heterocycles. The van der Waals surface area contributed by atoms with Gasteiger partial charge in [-0.15, -0.1) is 10.2 Å². The first kappa shape index (κ1) is 18.1. The van der Waals surface area contributed by atoms with Crippen LogP contribution in [0.5, 0.6) is 5.75 Å². The van der Waals surface area contributed by atoms with E-state index in [1.54, 1.807) is 4.52 Å². The highest BCUT2D eigenvalue weighted by atomic mass is 32.1. The minimum absolute atomic E-state index is 0.0550. The summed E-state index contributed by atoms with van der Waals surface area (Å²) in [6.45, 7) is 2.36. The average molecular weight is 393 g/mol. The van der Waals surface area contributed by atoms with Crippen LogP contribution in [0.15, 0.2) is 54.6 Å². The first-order valence-electron chi connectivity index (χ1n) is 8.92. The van der Waals surface area contributed by atoms with E-state index in [4.69, 9.17) is 4.74 Å². The van der Waals surface area contributed by atoms with Crippen molar-refractivity contribution >= 4 is 27.9 Å². The summed E-state index contributed by atoms with van der Waals surface area (Å²) in [5, 5.41) is 16.2. The van der Waals surface area contributed by atoms with E-state index in [2.05, 4.69) is 20.6 Å². The number of carbonyl (C=O) groups is 1. The Morgan fingerprint density at radius 2 is 1.89 bits per heavy atom. The quantitative estimate of drug-likeness (QED) is 0.518. The van der Waals surface area contributed by atoms with E-state index in [9.17, 15) is 4.79 Å². The van der Waals surface area contributed by atoms with Gasteiger partial charge in [0.2, 0.25) is 10.9 Å². The second-order valence-corrected chi connectivity index (χ2v) is 7.32. The van der Waals surface area contributed by atoms with Crippen LogP contribution >= 0.6 is 11.3 Å². The maximum atomic E-state index is 12.2. The number of hydrogen-bond acceptors (Lipinski definition) is 6. The van der Waals surface area contributed by atoms with Crippen LogP contribution in [0.25, 0.3) is 4.96 Å². The molecule has 4 rings (SSSR count). The normalized spacial score (nSPS) is 10.9. The Bertz CT molecular complexity index is 1070. The summed E-state index contributed by atoms with van der Waals surface area (Å²) in [5.41, 5.74) is 1.85. The molecule has 0 fully saturated rings. The summed E-state index contributed by atoms with van der Waals surface area (Å²) < 4.78 is 7.46. The van der Waals surface area contributed by atoms with Crippen LogP contribution in [0, 0.1) is 6.92 Å². The van der Waals surface area contributed by atoms with Gasteiger partial charge in [-0.1, -0.05) is 41.7 Å². The molecule has 0 unspecified atom stereocenters. The maximum Gasteiger partial charge on any atom is 0.234 e. The molecule has 0 aliphatic rings. The van der Waals surface area contributed by atoms with Gasteiger partial charge in [0, 0.05) is 18.5 Å². The average Bonchev–Trinajstić information content (AvgIpc) is 3.28. The van der Waals surface area contributed by atoms with Crippen molar-refractivity contribution in [3.05, 3.63) is 71.0 Å². The van der Waals surface area contributed by atoms with Crippen molar-refractivity contribution in [2.24, 2.45) is 0 Å². The van der Waals surface area contributed by atoms with Crippen LogP contribution in [0.3, 0.4) is 0 Å². The molecule has 4 aromatic rings. The lowest BCUT2D eigenvalue weighted by Crippen LogP contribution is -2.12. The molecule has 1 N–H and O–H groups in total. The molecule has 8 heteroatoms. The van der Waals surface area contributed by atoms with Crippen LogP contribution in [0.1, 0.15) is 22.8 Å². The van der Waals surface area contributed by atoms with Gasteiger partial charge in [0.25, 0.3) is 0 Å². The van der Waals surface area contributed by atoms with Crippen LogP contribution < -0.4 is 10.1 Å². The summed E-state index contributed by atoms with van der Waals surface area (Å²) in [4.78, 5) is 13.0. The first-order valence-corrected chi connectivity index (χ1v) is 9.73. The molecule has 0 aliphatic heterocycles. The van der Waals surface area contributed by atoms with Crippen LogP contribution in [-0.2, 0) is 17.8 Å². The van der Waals surface area contributed by atoms with Crippen LogP contribution in [-0.4, -0.2) is 25.7 Å². The molecular weight excluding hydrogens is 374 g/mol. The number of rotatable bonds is 7.